The Morgan fingerprint density at radius 2 is 1.58 bits per heavy atom. The van der Waals surface area contributed by atoms with Gasteiger partial charge in [0.15, 0.2) is 17.7 Å². The molecular formula is C11H14ClNO6. The minimum Gasteiger partial charge on any atom is -0.465 e. The van der Waals surface area contributed by atoms with Gasteiger partial charge in [-0.3, -0.25) is 0 Å². The van der Waals surface area contributed by atoms with Gasteiger partial charge in [-0.05, 0) is 6.92 Å². The van der Waals surface area contributed by atoms with Gasteiger partial charge in [0.25, 0.3) is 0 Å². The molecule has 1 aromatic rings. The van der Waals surface area contributed by atoms with E-state index in [0.29, 0.717) is 0 Å². The normalized spacial score (nSPS) is 10.9. The van der Waals surface area contributed by atoms with Gasteiger partial charge in [0.1, 0.15) is 5.75 Å². The van der Waals surface area contributed by atoms with Crippen molar-refractivity contribution in [3.8, 4) is 5.75 Å². The Hall–Kier alpha value is -1.86. The Morgan fingerprint density at radius 3 is 1.89 bits per heavy atom. The Labute approximate surface area is 115 Å². The summed E-state index contributed by atoms with van der Waals surface area (Å²) >= 11 is 0. The number of carbonyl (C=O) groups excluding carboxylic acids is 2. The highest BCUT2D eigenvalue weighted by molar-refractivity contribution is 5.92. The molecule has 1 unspecified atom stereocenters. The van der Waals surface area contributed by atoms with Crippen LogP contribution in [0.25, 0.3) is 0 Å². The molecule has 0 aliphatic rings. The first-order chi connectivity index (χ1) is 8.47. The molecule has 0 aliphatic carbocycles. The zero-order valence-corrected chi connectivity index (χ0v) is 11.4. The van der Waals surface area contributed by atoms with Crippen molar-refractivity contribution in [2.45, 2.75) is 13.2 Å². The van der Waals surface area contributed by atoms with Crippen LogP contribution in [0.3, 0.4) is 0 Å². The molecule has 1 N–H and O–H groups in total. The summed E-state index contributed by atoms with van der Waals surface area (Å²) in [5.41, 5.74) is -0.230. The minimum absolute atomic E-state index is 0. The van der Waals surface area contributed by atoms with Crippen LogP contribution < -0.4 is 4.74 Å². The molecule has 0 fully saturated rings. The monoisotopic (exact) mass is 291 g/mol. The van der Waals surface area contributed by atoms with E-state index in [0.717, 1.165) is 0 Å². The number of aliphatic hydroxyl groups is 1. The molecular weight excluding hydrogens is 278 g/mol. The Bertz CT molecular complexity index is 428. The molecule has 1 aromatic heterocycles. The van der Waals surface area contributed by atoms with Crippen LogP contribution in [0.4, 0.5) is 0 Å². The quantitative estimate of drug-likeness (QED) is 0.647. The topological polar surface area (TPSA) is 95.0 Å². The van der Waals surface area contributed by atoms with Gasteiger partial charge in [-0.15, -0.1) is 12.4 Å². The number of esters is 2. The van der Waals surface area contributed by atoms with Crippen LogP contribution in [0.2, 0.25) is 0 Å². The summed E-state index contributed by atoms with van der Waals surface area (Å²) in [6.07, 6.45) is -1.09. The average Bonchev–Trinajstić information content (AvgIpc) is 2.35. The highest BCUT2D eigenvalue weighted by Gasteiger charge is 2.16. The minimum atomic E-state index is -1.09. The first kappa shape index (κ1) is 17.1. The number of nitrogens with zero attached hydrogens (tertiary/aromatic N) is 1. The predicted octanol–water partition coefficient (Wildman–Crippen LogP) is 0.794. The van der Waals surface area contributed by atoms with Gasteiger partial charge in [0, 0.05) is 12.1 Å². The van der Waals surface area contributed by atoms with Crippen LogP contribution in [0, 0.1) is 0 Å². The second kappa shape index (κ2) is 7.55. The second-order valence-electron chi connectivity index (χ2n) is 3.27. The number of pyridine rings is 1. The molecule has 0 bridgehead atoms. The lowest BCUT2D eigenvalue weighted by atomic mass is 10.2. The van der Waals surface area contributed by atoms with Crippen LogP contribution >= 0.6 is 12.4 Å². The number of hydrogen-bond donors (Lipinski definition) is 1. The first-order valence-corrected chi connectivity index (χ1v) is 5.01. The third-order valence-corrected chi connectivity index (χ3v) is 1.89. The number of aromatic nitrogens is 1. The highest BCUT2D eigenvalue weighted by atomic mass is 35.5. The Morgan fingerprint density at radius 1 is 1.16 bits per heavy atom. The standard InChI is InChI=1S/C11H13NO6.ClH/c1-6(13)18-7-4-8(10(14)16-2)12-9(5-7)11(15)17-3;/h4-6,13H,1-3H3;1H. The van der Waals surface area contributed by atoms with E-state index in [-0.39, 0.29) is 29.5 Å². The lowest BCUT2D eigenvalue weighted by Gasteiger charge is -2.10. The molecule has 0 spiro atoms. The number of aliphatic hydroxyl groups excluding tert-OH is 1. The Kier molecular flexibility index (Phi) is 6.81. The third-order valence-electron chi connectivity index (χ3n) is 1.89. The molecule has 0 aliphatic heterocycles. The van der Waals surface area contributed by atoms with Crippen molar-refractivity contribution >= 4 is 24.3 Å². The van der Waals surface area contributed by atoms with E-state index in [9.17, 15) is 9.59 Å². The number of halogens is 1. The summed E-state index contributed by atoms with van der Waals surface area (Å²) in [6.45, 7) is 1.38. The molecule has 1 atom stereocenters. The summed E-state index contributed by atoms with van der Waals surface area (Å²) in [4.78, 5) is 26.5. The van der Waals surface area contributed by atoms with Gasteiger partial charge in [-0.1, -0.05) is 0 Å². The molecule has 0 saturated carbocycles. The first-order valence-electron chi connectivity index (χ1n) is 5.01. The number of methoxy groups -OCH3 is 2. The summed E-state index contributed by atoms with van der Waals surface area (Å²) in [5, 5.41) is 9.10. The summed E-state index contributed by atoms with van der Waals surface area (Å²) in [5.74, 6) is -1.34. The van der Waals surface area contributed by atoms with Crippen molar-refractivity contribution in [2.24, 2.45) is 0 Å². The van der Waals surface area contributed by atoms with Crippen LogP contribution in [0.1, 0.15) is 27.9 Å². The van der Waals surface area contributed by atoms with Crippen molar-refractivity contribution in [2.75, 3.05) is 14.2 Å². The molecule has 0 radical (unpaired) electrons. The van der Waals surface area contributed by atoms with Gasteiger partial charge < -0.3 is 19.3 Å². The average molecular weight is 292 g/mol. The number of rotatable bonds is 4. The number of hydrogen-bond acceptors (Lipinski definition) is 7. The SMILES string of the molecule is COC(=O)c1cc(OC(C)O)cc(C(=O)OC)n1.Cl. The molecule has 0 aromatic carbocycles. The van der Waals surface area contributed by atoms with Gasteiger partial charge in [-0.2, -0.15) is 0 Å². The number of carbonyl (C=O) groups is 2. The van der Waals surface area contributed by atoms with E-state index in [1.54, 1.807) is 0 Å². The van der Waals surface area contributed by atoms with E-state index < -0.39 is 18.2 Å². The van der Waals surface area contributed by atoms with E-state index >= 15 is 0 Å². The zero-order chi connectivity index (χ0) is 13.7. The summed E-state index contributed by atoms with van der Waals surface area (Å²) in [7, 11) is 2.37. The molecule has 7 nitrogen and oxygen atoms in total. The molecule has 0 saturated heterocycles. The smallest absolute Gasteiger partial charge is 0.356 e. The van der Waals surface area contributed by atoms with Gasteiger partial charge in [-0.25, -0.2) is 14.6 Å². The van der Waals surface area contributed by atoms with Crippen molar-refractivity contribution < 1.29 is 28.9 Å². The Balaban J connectivity index is 0.00000324. The third kappa shape index (κ3) is 4.72. The fraction of sp³-hybridized carbons (Fsp3) is 0.364. The van der Waals surface area contributed by atoms with Gasteiger partial charge in [0.2, 0.25) is 0 Å². The molecule has 0 amide bonds. The highest BCUT2D eigenvalue weighted by Crippen LogP contribution is 2.17. The van der Waals surface area contributed by atoms with Gasteiger partial charge >= 0.3 is 11.9 Å². The van der Waals surface area contributed by atoms with E-state index in [2.05, 4.69) is 14.5 Å². The fourth-order valence-corrected chi connectivity index (χ4v) is 1.19. The van der Waals surface area contributed by atoms with Crippen molar-refractivity contribution in [3.05, 3.63) is 23.5 Å². The van der Waals surface area contributed by atoms with Crippen molar-refractivity contribution in [3.63, 3.8) is 0 Å². The zero-order valence-electron chi connectivity index (χ0n) is 10.6. The predicted molar refractivity (Wildman–Crippen MR) is 66.5 cm³/mol. The van der Waals surface area contributed by atoms with Crippen LogP contribution in [-0.4, -0.2) is 42.5 Å². The van der Waals surface area contributed by atoms with Crippen molar-refractivity contribution in [1.29, 1.82) is 0 Å². The largest absolute Gasteiger partial charge is 0.465 e. The number of ether oxygens (including phenoxy) is 3. The second-order valence-corrected chi connectivity index (χ2v) is 3.27. The molecule has 1 rings (SSSR count). The summed E-state index contributed by atoms with van der Waals surface area (Å²) in [6, 6.07) is 2.51. The summed E-state index contributed by atoms with van der Waals surface area (Å²) < 4.78 is 14.0. The van der Waals surface area contributed by atoms with Crippen LogP contribution in [0.5, 0.6) is 5.75 Å². The van der Waals surface area contributed by atoms with Gasteiger partial charge in [0.05, 0.1) is 14.2 Å². The van der Waals surface area contributed by atoms with Crippen molar-refractivity contribution in [1.82, 2.24) is 4.98 Å². The maximum Gasteiger partial charge on any atom is 0.356 e. The van der Waals surface area contributed by atoms with E-state index in [1.807, 2.05) is 0 Å². The maximum absolute atomic E-state index is 11.4. The molecule has 1 heterocycles. The van der Waals surface area contributed by atoms with E-state index in [4.69, 9.17) is 9.84 Å². The fourth-order valence-electron chi connectivity index (χ4n) is 1.19. The van der Waals surface area contributed by atoms with E-state index in [1.165, 1.54) is 33.3 Å². The molecule has 8 heteroatoms. The lowest BCUT2D eigenvalue weighted by Crippen LogP contribution is -2.14. The van der Waals surface area contributed by atoms with Crippen LogP contribution in [-0.2, 0) is 9.47 Å². The van der Waals surface area contributed by atoms with Crippen LogP contribution in [0.15, 0.2) is 12.1 Å². The molecule has 106 valence electrons. The molecule has 19 heavy (non-hydrogen) atoms. The lowest BCUT2D eigenvalue weighted by molar-refractivity contribution is -0.000711. The maximum atomic E-state index is 11.4.